The van der Waals surface area contributed by atoms with E-state index < -0.39 is 34.1 Å². The molecule has 0 saturated heterocycles. The van der Waals surface area contributed by atoms with E-state index in [4.69, 9.17) is 23.2 Å². The van der Waals surface area contributed by atoms with Gasteiger partial charge in [0, 0.05) is 22.5 Å². The summed E-state index contributed by atoms with van der Waals surface area (Å²) in [7, 11) is -4.42. The fourth-order valence-electron chi connectivity index (χ4n) is 3.15. The zero-order valence-corrected chi connectivity index (χ0v) is 19.4. The smallest absolute Gasteiger partial charge is 0.263 e. The van der Waals surface area contributed by atoms with Crippen molar-refractivity contribution >= 4 is 59.6 Å². The molecule has 0 aliphatic carbocycles. The minimum atomic E-state index is -4.95. The molecule has 2 heterocycles. The molecule has 4 nitrogen and oxygen atoms in total. The lowest BCUT2D eigenvalue weighted by Crippen LogP contribution is -2.30. The van der Waals surface area contributed by atoms with Gasteiger partial charge in [-0.25, -0.2) is 12.8 Å². The zero-order valence-electron chi connectivity index (χ0n) is 16.3. The molecule has 4 rings (SSSR count). The van der Waals surface area contributed by atoms with Crippen LogP contribution in [0.1, 0.15) is 11.1 Å². The number of sulfonamides is 1. The Labute approximate surface area is 200 Å². The second kappa shape index (κ2) is 8.75. The maximum atomic E-state index is 13.8. The van der Waals surface area contributed by atoms with Crippen LogP contribution < -0.4 is 4.31 Å². The van der Waals surface area contributed by atoms with Gasteiger partial charge in [0.25, 0.3) is 10.0 Å². The minimum absolute atomic E-state index is 0.0793. The number of nitrogens with zero attached hydrogens (tertiary/aromatic N) is 2. The predicted molar refractivity (Wildman–Crippen MR) is 121 cm³/mol. The fourth-order valence-corrected chi connectivity index (χ4v) is 6.82. The Bertz CT molecular complexity index is 1460. The summed E-state index contributed by atoms with van der Waals surface area (Å²) in [4.78, 5) is 3.45. The highest BCUT2D eigenvalue weighted by Gasteiger charge is 2.36. The summed E-state index contributed by atoms with van der Waals surface area (Å²) in [5, 5.41) is 0.641. The van der Waals surface area contributed by atoms with Crippen LogP contribution in [0.4, 0.5) is 22.6 Å². The molecule has 0 N–H and O–H groups in total. The number of alkyl halides is 3. The summed E-state index contributed by atoms with van der Waals surface area (Å²) in [6.45, 7) is -0.552. The Balaban J connectivity index is 1.91. The third-order valence-electron chi connectivity index (χ3n) is 4.71. The number of hydrogen-bond acceptors (Lipinski definition) is 4. The number of halogens is 6. The maximum Gasteiger partial charge on any atom is 0.419 e. The normalized spacial score (nSPS) is 12.3. The Kier molecular flexibility index (Phi) is 6.30. The van der Waals surface area contributed by atoms with Crippen molar-refractivity contribution in [1.29, 1.82) is 0 Å². The van der Waals surface area contributed by atoms with Crippen molar-refractivity contribution in [3.8, 4) is 0 Å². The summed E-state index contributed by atoms with van der Waals surface area (Å²) in [6.07, 6.45) is -2.61. The van der Waals surface area contributed by atoms with Crippen LogP contribution in [0.15, 0.2) is 65.8 Å². The van der Waals surface area contributed by atoms with Gasteiger partial charge >= 0.3 is 6.18 Å². The molecule has 4 aromatic rings. The molecule has 172 valence electrons. The third-order valence-corrected chi connectivity index (χ3v) is 8.73. The van der Waals surface area contributed by atoms with E-state index in [1.54, 1.807) is 24.3 Å². The number of rotatable bonds is 5. The SMILES string of the molecule is O=S(=O)(c1cnccc1Cl)N(Cc1ccc(F)c(C(F)(F)F)c1)c1sc2ccccc2c1Cl. The van der Waals surface area contributed by atoms with Gasteiger partial charge in [-0.15, -0.1) is 11.3 Å². The van der Waals surface area contributed by atoms with Gasteiger partial charge in [-0.1, -0.05) is 47.5 Å². The van der Waals surface area contributed by atoms with Gasteiger partial charge in [0.1, 0.15) is 15.7 Å². The first-order valence-corrected chi connectivity index (χ1v) is 12.2. The Hall–Kier alpha value is -2.40. The molecule has 0 radical (unpaired) electrons. The van der Waals surface area contributed by atoms with E-state index in [-0.39, 0.29) is 25.5 Å². The number of aromatic nitrogens is 1. The van der Waals surface area contributed by atoms with Crippen LogP contribution in [0, 0.1) is 5.82 Å². The average Bonchev–Trinajstić information content (AvgIpc) is 3.08. The molecule has 0 fully saturated rings. The van der Waals surface area contributed by atoms with Gasteiger partial charge in [-0.2, -0.15) is 13.2 Å². The van der Waals surface area contributed by atoms with Crippen molar-refractivity contribution in [1.82, 2.24) is 4.98 Å². The average molecular weight is 535 g/mol. The molecule has 2 aromatic carbocycles. The standard InChI is InChI=1S/C21H12Cl2F4N2O2S2/c22-15-7-8-28-10-18(15)33(30,31)29(20-19(23)13-3-1-2-4-17(13)32-20)11-12-5-6-16(24)14(9-12)21(25,26)27/h1-10H,11H2. The molecular formula is C21H12Cl2F4N2O2S2. The van der Waals surface area contributed by atoms with Gasteiger partial charge in [-0.05, 0) is 29.8 Å². The van der Waals surface area contributed by atoms with Crippen molar-refractivity contribution in [2.45, 2.75) is 17.6 Å². The highest BCUT2D eigenvalue weighted by molar-refractivity contribution is 7.93. The van der Waals surface area contributed by atoms with Gasteiger partial charge in [0.05, 0.1) is 22.2 Å². The van der Waals surface area contributed by atoms with Crippen LogP contribution in [0.25, 0.3) is 10.1 Å². The van der Waals surface area contributed by atoms with Crippen molar-refractivity contribution in [3.05, 3.63) is 87.9 Å². The molecule has 0 amide bonds. The molecule has 0 bridgehead atoms. The van der Waals surface area contributed by atoms with Crippen molar-refractivity contribution in [2.24, 2.45) is 0 Å². The quantitative estimate of drug-likeness (QED) is 0.255. The van der Waals surface area contributed by atoms with E-state index in [0.29, 0.717) is 22.2 Å². The summed E-state index contributed by atoms with van der Waals surface area (Å²) >= 11 is 13.6. The summed E-state index contributed by atoms with van der Waals surface area (Å²) < 4.78 is 82.2. The molecule has 0 spiro atoms. The van der Waals surface area contributed by atoms with Crippen molar-refractivity contribution < 1.29 is 26.0 Å². The Morgan fingerprint density at radius 1 is 1.06 bits per heavy atom. The number of thiophene rings is 1. The predicted octanol–water partition coefficient (Wildman–Crippen LogP) is 7.16. The third kappa shape index (κ3) is 4.52. The summed E-state index contributed by atoms with van der Waals surface area (Å²) in [6, 6.07) is 10.5. The van der Waals surface area contributed by atoms with Crippen LogP contribution in [0.2, 0.25) is 10.0 Å². The van der Waals surface area contributed by atoms with Crippen LogP contribution in [0.3, 0.4) is 0 Å². The molecule has 12 heteroatoms. The molecule has 2 aromatic heterocycles. The van der Waals surface area contributed by atoms with E-state index in [2.05, 4.69) is 4.98 Å². The molecule has 0 saturated carbocycles. The van der Waals surface area contributed by atoms with Crippen LogP contribution >= 0.6 is 34.5 Å². The van der Waals surface area contributed by atoms with Gasteiger partial charge < -0.3 is 0 Å². The number of benzene rings is 2. The van der Waals surface area contributed by atoms with E-state index in [1.165, 1.54) is 12.3 Å². The number of hydrogen-bond donors (Lipinski definition) is 0. The van der Waals surface area contributed by atoms with Crippen LogP contribution in [-0.2, 0) is 22.7 Å². The minimum Gasteiger partial charge on any atom is -0.263 e. The molecule has 0 aliphatic rings. The van der Waals surface area contributed by atoms with Gasteiger partial charge in [-0.3, -0.25) is 9.29 Å². The molecule has 33 heavy (non-hydrogen) atoms. The number of fused-ring (bicyclic) bond motifs is 1. The summed E-state index contributed by atoms with van der Waals surface area (Å²) in [5.41, 5.74) is -1.60. The first-order valence-electron chi connectivity index (χ1n) is 9.15. The van der Waals surface area contributed by atoms with Crippen molar-refractivity contribution in [3.63, 3.8) is 0 Å². The second-order valence-corrected chi connectivity index (χ2v) is 10.5. The van der Waals surface area contributed by atoms with E-state index in [1.807, 2.05) is 0 Å². The van der Waals surface area contributed by atoms with E-state index in [9.17, 15) is 26.0 Å². The van der Waals surface area contributed by atoms with Crippen LogP contribution in [-0.4, -0.2) is 13.4 Å². The van der Waals surface area contributed by atoms with Crippen LogP contribution in [0.5, 0.6) is 0 Å². The first-order chi connectivity index (χ1) is 15.5. The Morgan fingerprint density at radius 2 is 1.79 bits per heavy atom. The number of anilines is 1. The topological polar surface area (TPSA) is 50.3 Å². The second-order valence-electron chi connectivity index (χ2n) is 6.85. The number of pyridine rings is 1. The van der Waals surface area contributed by atoms with Gasteiger partial charge in [0.15, 0.2) is 0 Å². The Morgan fingerprint density at radius 3 is 2.45 bits per heavy atom. The molecular weight excluding hydrogens is 523 g/mol. The van der Waals surface area contributed by atoms with Crippen molar-refractivity contribution in [2.75, 3.05) is 4.31 Å². The largest absolute Gasteiger partial charge is 0.419 e. The highest BCUT2D eigenvalue weighted by atomic mass is 35.5. The lowest BCUT2D eigenvalue weighted by Gasteiger charge is -2.24. The van der Waals surface area contributed by atoms with E-state index in [0.717, 1.165) is 27.9 Å². The first kappa shape index (κ1) is 23.7. The summed E-state index contributed by atoms with van der Waals surface area (Å²) in [5.74, 6) is -1.46. The fraction of sp³-hybridized carbons (Fsp3) is 0.0952. The molecule has 0 unspecified atom stereocenters. The lowest BCUT2D eigenvalue weighted by atomic mass is 10.1. The van der Waals surface area contributed by atoms with Gasteiger partial charge in [0.2, 0.25) is 0 Å². The zero-order chi connectivity index (χ0) is 24.0. The monoisotopic (exact) mass is 534 g/mol. The maximum absolute atomic E-state index is 13.8. The lowest BCUT2D eigenvalue weighted by molar-refractivity contribution is -0.140. The van der Waals surface area contributed by atoms with E-state index >= 15 is 0 Å². The molecule has 0 aliphatic heterocycles. The molecule has 0 atom stereocenters. The highest BCUT2D eigenvalue weighted by Crippen LogP contribution is 2.45.